The molecule has 1 unspecified atom stereocenters. The van der Waals surface area contributed by atoms with Crippen molar-refractivity contribution in [3.63, 3.8) is 0 Å². The number of nitrogens with zero attached hydrogens (tertiary/aromatic N) is 1. The predicted molar refractivity (Wildman–Crippen MR) is 247 cm³/mol. The summed E-state index contributed by atoms with van der Waals surface area (Å²) < 4.78 is 5.68. The molecule has 0 rings (SSSR count). The third-order valence-electron chi connectivity index (χ3n) is 12.6. The molecule has 5 nitrogen and oxygen atoms in total. The minimum atomic E-state index is -0.250. The average Bonchev–Trinajstić information content (AvgIpc) is 3.19. The maximum absolute atomic E-state index is 12.4. The van der Waals surface area contributed by atoms with Crippen LogP contribution in [0, 0.1) is 17.8 Å². The second-order valence-electron chi connectivity index (χ2n) is 17.6. The molecule has 0 bridgehead atoms. The molecule has 0 saturated carbocycles. The molecule has 56 heavy (non-hydrogen) atoms. The van der Waals surface area contributed by atoms with Crippen LogP contribution in [0.5, 0.6) is 0 Å². The van der Waals surface area contributed by atoms with E-state index in [-0.39, 0.29) is 12.4 Å². The van der Waals surface area contributed by atoms with Crippen LogP contribution in [0.2, 0.25) is 0 Å². The van der Waals surface area contributed by atoms with Crippen LogP contribution in [0.15, 0.2) is 0 Å². The van der Waals surface area contributed by atoms with Crippen molar-refractivity contribution in [3.05, 3.63) is 0 Å². The largest absolute Gasteiger partial charge is 0.483 e. The molecule has 336 valence electrons. The lowest BCUT2D eigenvalue weighted by Gasteiger charge is -2.23. The highest BCUT2D eigenvalue weighted by molar-refractivity contribution is 5.69. The summed E-state index contributed by atoms with van der Waals surface area (Å²) >= 11 is 0. The quantitative estimate of drug-likeness (QED) is 0.0378. The molecular weight excluding hydrogens is 691 g/mol. The Morgan fingerprint density at radius 2 is 0.732 bits per heavy atom. The van der Waals surface area contributed by atoms with Gasteiger partial charge in [-0.1, -0.05) is 247 Å². The molecule has 0 radical (unpaired) electrons. The number of hydrogen-bond acceptors (Lipinski definition) is 4. The summed E-state index contributed by atoms with van der Waals surface area (Å²) in [7, 11) is 0. The average molecular weight is 794 g/mol. The fraction of sp³-hybridized carbons (Fsp3) is 0.961. The topological polar surface area (TPSA) is 66.8 Å². The molecule has 0 aromatic carbocycles. The Morgan fingerprint density at radius 3 is 1.07 bits per heavy atom. The summed E-state index contributed by atoms with van der Waals surface area (Å²) in [6.45, 7) is 17.9. The van der Waals surface area contributed by atoms with Gasteiger partial charge in [0.25, 0.3) is 6.47 Å². The third-order valence-corrected chi connectivity index (χ3v) is 12.6. The fourth-order valence-corrected chi connectivity index (χ4v) is 8.68. The molecule has 0 aliphatic rings. The van der Waals surface area contributed by atoms with Crippen molar-refractivity contribution in [2.75, 3.05) is 26.2 Å². The molecule has 0 amide bonds. The van der Waals surface area contributed by atoms with Gasteiger partial charge in [-0.25, -0.2) is 0 Å². The third kappa shape index (κ3) is 42.5. The van der Waals surface area contributed by atoms with Crippen LogP contribution >= 0.6 is 0 Å². The molecule has 1 atom stereocenters. The molecule has 0 aromatic rings. The van der Waals surface area contributed by atoms with E-state index in [1.54, 1.807) is 0 Å². The van der Waals surface area contributed by atoms with Gasteiger partial charge in [-0.15, -0.1) is 0 Å². The normalized spacial score (nSPS) is 12.0. The number of rotatable bonds is 44. The van der Waals surface area contributed by atoms with Crippen LogP contribution in [0.1, 0.15) is 273 Å². The van der Waals surface area contributed by atoms with Crippen molar-refractivity contribution in [1.82, 2.24) is 4.90 Å². The molecule has 5 heteroatoms. The van der Waals surface area contributed by atoms with E-state index in [4.69, 9.17) is 14.6 Å². The first-order chi connectivity index (χ1) is 27.4. The summed E-state index contributed by atoms with van der Waals surface area (Å²) in [5.41, 5.74) is 0. The molecule has 0 aromatic heterocycles. The Balaban J connectivity index is 0. The van der Waals surface area contributed by atoms with E-state index in [2.05, 4.69) is 46.4 Å². The number of hydrogen-bond donors (Lipinski definition) is 1. The van der Waals surface area contributed by atoms with Crippen LogP contribution in [-0.2, 0) is 14.3 Å². The Hall–Kier alpha value is -1.10. The number of carbonyl (C=O) groups is 2. The predicted octanol–water partition coefficient (Wildman–Crippen LogP) is 16.5. The van der Waals surface area contributed by atoms with Crippen molar-refractivity contribution in [1.29, 1.82) is 0 Å². The standard InChI is InChI=1S/C50H101NO2.CH2O2/c1-7-13-27-35-47(36-28-14-8-2)39-31-23-19-17-18-20-24-32-40-48(43-45-51(11-5)12-6)41-33-25-21-22-26-34-42-50(52)53-46-44-49(37-29-15-9-3)38-30-16-10-4;2-1-3/h47-49H,7-46H2,1-6H3;1H,(H,2,3). The van der Waals surface area contributed by atoms with Gasteiger partial charge in [0.05, 0.1) is 6.61 Å². The highest BCUT2D eigenvalue weighted by atomic mass is 16.5. The van der Waals surface area contributed by atoms with Crippen molar-refractivity contribution < 1.29 is 19.4 Å². The first-order valence-corrected chi connectivity index (χ1v) is 25.4. The van der Waals surface area contributed by atoms with Crippen molar-refractivity contribution >= 4 is 12.4 Å². The number of carboxylic acid groups (broad SMARTS) is 1. The molecule has 0 aliphatic heterocycles. The van der Waals surface area contributed by atoms with Crippen molar-refractivity contribution in [2.24, 2.45) is 17.8 Å². The van der Waals surface area contributed by atoms with Crippen molar-refractivity contribution in [2.45, 2.75) is 273 Å². The van der Waals surface area contributed by atoms with Gasteiger partial charge in [-0.2, -0.15) is 0 Å². The van der Waals surface area contributed by atoms with Crippen LogP contribution in [0.3, 0.4) is 0 Å². The van der Waals surface area contributed by atoms with E-state index < -0.39 is 0 Å². The van der Waals surface area contributed by atoms with Crippen LogP contribution in [-0.4, -0.2) is 48.7 Å². The number of carbonyl (C=O) groups excluding carboxylic acids is 1. The Kier molecular flexibility index (Phi) is 49.1. The SMILES string of the molecule is CCCCCC(CCCCC)CCCCCCCCCCC(CCCCCCCCC(=O)OCCC(CCCCC)CCCCC)CCN(CC)CC.O=CO. The Bertz CT molecular complexity index is 736. The second kappa shape index (κ2) is 48.3. The molecule has 0 heterocycles. The van der Waals surface area contributed by atoms with Gasteiger partial charge in [-0.3, -0.25) is 9.59 Å². The monoisotopic (exact) mass is 794 g/mol. The first kappa shape index (κ1) is 57.0. The van der Waals surface area contributed by atoms with Gasteiger partial charge in [-0.05, 0) is 56.7 Å². The van der Waals surface area contributed by atoms with Gasteiger partial charge >= 0.3 is 5.97 Å². The van der Waals surface area contributed by atoms with Gasteiger partial charge in [0.15, 0.2) is 0 Å². The minimum Gasteiger partial charge on any atom is -0.483 e. The zero-order valence-corrected chi connectivity index (χ0v) is 39.2. The van der Waals surface area contributed by atoms with E-state index in [1.807, 2.05) is 0 Å². The van der Waals surface area contributed by atoms with Gasteiger partial charge < -0.3 is 14.7 Å². The highest BCUT2D eigenvalue weighted by Gasteiger charge is 2.13. The minimum absolute atomic E-state index is 0.0385. The zero-order valence-electron chi connectivity index (χ0n) is 39.2. The van der Waals surface area contributed by atoms with E-state index in [0.717, 1.165) is 30.6 Å². The summed E-state index contributed by atoms with van der Waals surface area (Å²) in [6, 6.07) is 0. The van der Waals surface area contributed by atoms with Gasteiger partial charge in [0.1, 0.15) is 0 Å². The molecule has 0 aliphatic carbocycles. The molecule has 0 saturated heterocycles. The molecule has 0 spiro atoms. The van der Waals surface area contributed by atoms with E-state index >= 15 is 0 Å². The zero-order chi connectivity index (χ0) is 41.6. The molecule has 1 N–H and O–H groups in total. The Morgan fingerprint density at radius 1 is 0.446 bits per heavy atom. The molecule has 0 fully saturated rings. The first-order valence-electron chi connectivity index (χ1n) is 25.4. The maximum Gasteiger partial charge on any atom is 0.305 e. The Labute approximate surface area is 352 Å². The lowest BCUT2D eigenvalue weighted by Crippen LogP contribution is -2.25. The maximum atomic E-state index is 12.4. The van der Waals surface area contributed by atoms with E-state index in [0.29, 0.717) is 13.0 Å². The van der Waals surface area contributed by atoms with Crippen LogP contribution in [0.4, 0.5) is 0 Å². The number of ether oxygens (including phenoxy) is 1. The van der Waals surface area contributed by atoms with Gasteiger partial charge in [0, 0.05) is 6.42 Å². The van der Waals surface area contributed by atoms with E-state index in [9.17, 15) is 4.79 Å². The summed E-state index contributed by atoms with van der Waals surface area (Å²) in [5, 5.41) is 6.89. The smallest absolute Gasteiger partial charge is 0.305 e. The van der Waals surface area contributed by atoms with Gasteiger partial charge in [0.2, 0.25) is 0 Å². The van der Waals surface area contributed by atoms with Crippen molar-refractivity contribution in [3.8, 4) is 0 Å². The lowest BCUT2D eigenvalue weighted by molar-refractivity contribution is -0.144. The van der Waals surface area contributed by atoms with Crippen LogP contribution < -0.4 is 0 Å². The lowest BCUT2D eigenvalue weighted by atomic mass is 9.90. The second-order valence-corrected chi connectivity index (χ2v) is 17.6. The van der Waals surface area contributed by atoms with Crippen LogP contribution in [0.25, 0.3) is 0 Å². The number of esters is 1. The highest BCUT2D eigenvalue weighted by Crippen LogP contribution is 2.26. The number of unbranched alkanes of at least 4 members (excludes halogenated alkanes) is 20. The molecular formula is C51H103NO4. The summed E-state index contributed by atoms with van der Waals surface area (Å²) in [5.74, 6) is 2.70. The summed E-state index contributed by atoms with van der Waals surface area (Å²) in [6.07, 6.45) is 48.6. The summed E-state index contributed by atoms with van der Waals surface area (Å²) in [4.78, 5) is 23.4. The van der Waals surface area contributed by atoms with E-state index in [1.165, 1.54) is 232 Å². The fourth-order valence-electron chi connectivity index (χ4n) is 8.68.